The molecule has 1 heterocycles. The molecule has 0 aliphatic rings. The first-order valence-electron chi connectivity index (χ1n) is 3.46. The molecule has 0 bridgehead atoms. The summed E-state index contributed by atoms with van der Waals surface area (Å²) in [5.74, 6) is 0. The van der Waals surface area contributed by atoms with Crippen molar-refractivity contribution in [1.29, 1.82) is 0 Å². The fourth-order valence-electron chi connectivity index (χ4n) is 0.924. The summed E-state index contributed by atoms with van der Waals surface area (Å²) >= 11 is 1.86. The number of hydrogen-bond acceptors (Lipinski definition) is 2. The standard InChI is InChI=1S/C8H6F2INO/c1-4-6(11)5(3-13)2-12-7(4)8(9)10/h2-3,8H,1H3. The number of pyridine rings is 1. The first-order valence-corrected chi connectivity index (χ1v) is 4.54. The molecule has 13 heavy (non-hydrogen) atoms. The lowest BCUT2D eigenvalue weighted by molar-refractivity contribution is 0.112. The Morgan fingerprint density at radius 1 is 1.62 bits per heavy atom. The molecule has 0 N–H and O–H groups in total. The quantitative estimate of drug-likeness (QED) is 0.620. The third kappa shape index (κ3) is 2.01. The topological polar surface area (TPSA) is 30.0 Å². The summed E-state index contributed by atoms with van der Waals surface area (Å²) in [6.45, 7) is 1.53. The van der Waals surface area contributed by atoms with Crippen LogP contribution in [-0.2, 0) is 0 Å². The lowest BCUT2D eigenvalue weighted by Crippen LogP contribution is -2.00. The summed E-state index contributed by atoms with van der Waals surface area (Å²) in [5.41, 5.74) is 0.470. The Kier molecular flexibility index (Phi) is 3.29. The Labute approximate surface area is 87.5 Å². The number of aromatic nitrogens is 1. The summed E-state index contributed by atoms with van der Waals surface area (Å²) in [4.78, 5) is 14.0. The molecule has 0 amide bonds. The average molecular weight is 297 g/mol. The fourth-order valence-corrected chi connectivity index (χ4v) is 1.47. The van der Waals surface area contributed by atoms with Gasteiger partial charge >= 0.3 is 0 Å². The van der Waals surface area contributed by atoms with Gasteiger partial charge in [0, 0.05) is 15.3 Å². The molecule has 0 radical (unpaired) electrons. The van der Waals surface area contributed by atoms with Gasteiger partial charge in [0.15, 0.2) is 6.29 Å². The predicted octanol–water partition coefficient (Wildman–Crippen LogP) is 2.74. The number of carbonyl (C=O) groups is 1. The van der Waals surface area contributed by atoms with Crippen LogP contribution in [0.1, 0.15) is 28.0 Å². The van der Waals surface area contributed by atoms with Crippen molar-refractivity contribution in [2.24, 2.45) is 0 Å². The monoisotopic (exact) mass is 297 g/mol. The Balaban J connectivity index is 3.31. The van der Waals surface area contributed by atoms with Crippen LogP contribution < -0.4 is 0 Å². The van der Waals surface area contributed by atoms with Crippen LogP contribution in [0.15, 0.2) is 6.20 Å². The number of rotatable bonds is 2. The maximum absolute atomic E-state index is 12.3. The van der Waals surface area contributed by atoms with Crippen LogP contribution in [0.4, 0.5) is 8.78 Å². The molecule has 2 nitrogen and oxygen atoms in total. The molecule has 0 unspecified atom stereocenters. The van der Waals surface area contributed by atoms with E-state index in [2.05, 4.69) is 4.98 Å². The second-order valence-corrected chi connectivity index (χ2v) is 3.54. The van der Waals surface area contributed by atoms with Crippen molar-refractivity contribution in [3.05, 3.63) is 26.6 Å². The van der Waals surface area contributed by atoms with Gasteiger partial charge in [-0.05, 0) is 35.1 Å². The summed E-state index contributed by atoms with van der Waals surface area (Å²) in [7, 11) is 0. The third-order valence-electron chi connectivity index (χ3n) is 1.64. The van der Waals surface area contributed by atoms with Crippen LogP contribution in [-0.4, -0.2) is 11.3 Å². The highest BCUT2D eigenvalue weighted by molar-refractivity contribution is 14.1. The molecule has 5 heteroatoms. The first-order chi connectivity index (χ1) is 6.07. The molecule has 0 aliphatic carbocycles. The molecule has 0 saturated carbocycles. The highest BCUT2D eigenvalue weighted by atomic mass is 127. The van der Waals surface area contributed by atoms with Crippen molar-refractivity contribution in [3.63, 3.8) is 0 Å². The van der Waals surface area contributed by atoms with Gasteiger partial charge in [-0.1, -0.05) is 0 Å². The summed E-state index contributed by atoms with van der Waals surface area (Å²) in [6.07, 6.45) is -0.811. The van der Waals surface area contributed by atoms with Crippen LogP contribution in [0.5, 0.6) is 0 Å². The van der Waals surface area contributed by atoms with Gasteiger partial charge in [0.2, 0.25) is 0 Å². The van der Waals surface area contributed by atoms with Crippen LogP contribution in [0.25, 0.3) is 0 Å². The van der Waals surface area contributed by atoms with Crippen molar-refractivity contribution in [1.82, 2.24) is 4.98 Å². The molecule has 0 saturated heterocycles. The maximum Gasteiger partial charge on any atom is 0.280 e. The van der Waals surface area contributed by atoms with Gasteiger partial charge in [0.05, 0.1) is 0 Å². The van der Waals surface area contributed by atoms with E-state index in [9.17, 15) is 13.6 Å². The van der Waals surface area contributed by atoms with Crippen molar-refractivity contribution in [3.8, 4) is 0 Å². The average Bonchev–Trinajstić information content (AvgIpc) is 2.09. The smallest absolute Gasteiger partial charge is 0.280 e. The summed E-state index contributed by atoms with van der Waals surface area (Å²) in [6, 6.07) is 0. The van der Waals surface area contributed by atoms with Gasteiger partial charge in [0.25, 0.3) is 6.43 Å². The van der Waals surface area contributed by atoms with E-state index in [1.165, 1.54) is 13.1 Å². The lowest BCUT2D eigenvalue weighted by Gasteiger charge is -2.06. The fraction of sp³-hybridized carbons (Fsp3) is 0.250. The van der Waals surface area contributed by atoms with Crippen LogP contribution >= 0.6 is 22.6 Å². The molecule has 0 spiro atoms. The molecule has 0 fully saturated rings. The Morgan fingerprint density at radius 3 is 2.69 bits per heavy atom. The van der Waals surface area contributed by atoms with E-state index in [0.717, 1.165) is 0 Å². The van der Waals surface area contributed by atoms with E-state index in [0.29, 0.717) is 21.0 Å². The Bertz CT molecular complexity index is 341. The first kappa shape index (κ1) is 10.5. The van der Waals surface area contributed by atoms with E-state index in [4.69, 9.17) is 0 Å². The zero-order valence-electron chi connectivity index (χ0n) is 6.72. The number of nitrogens with zero attached hydrogens (tertiary/aromatic N) is 1. The zero-order chi connectivity index (χ0) is 10.0. The number of alkyl halides is 2. The molecular formula is C8H6F2INO. The van der Waals surface area contributed by atoms with E-state index in [1.54, 1.807) is 0 Å². The minimum Gasteiger partial charge on any atom is -0.298 e. The van der Waals surface area contributed by atoms with Crippen molar-refractivity contribution >= 4 is 28.9 Å². The third-order valence-corrected chi connectivity index (χ3v) is 3.08. The Hall–Kier alpha value is -0.590. The predicted molar refractivity (Wildman–Crippen MR) is 52.0 cm³/mol. The van der Waals surface area contributed by atoms with Crippen molar-refractivity contribution in [2.75, 3.05) is 0 Å². The lowest BCUT2D eigenvalue weighted by atomic mass is 10.2. The van der Waals surface area contributed by atoms with E-state index in [1.807, 2.05) is 22.6 Å². The summed E-state index contributed by atoms with van der Waals surface area (Å²) in [5, 5.41) is 0. The molecule has 0 atom stereocenters. The minimum absolute atomic E-state index is 0.255. The summed E-state index contributed by atoms with van der Waals surface area (Å²) < 4.78 is 25.1. The molecule has 1 rings (SSSR count). The second kappa shape index (κ2) is 4.08. The van der Waals surface area contributed by atoms with Gasteiger partial charge < -0.3 is 0 Å². The number of hydrogen-bond donors (Lipinski definition) is 0. The number of aldehydes is 1. The van der Waals surface area contributed by atoms with Gasteiger partial charge in [-0.2, -0.15) is 0 Å². The largest absolute Gasteiger partial charge is 0.298 e. The number of halogens is 3. The molecular weight excluding hydrogens is 291 g/mol. The van der Waals surface area contributed by atoms with Crippen LogP contribution in [0.2, 0.25) is 0 Å². The van der Waals surface area contributed by atoms with Gasteiger partial charge in [-0.15, -0.1) is 0 Å². The van der Waals surface area contributed by atoms with Gasteiger partial charge in [-0.25, -0.2) is 8.78 Å². The van der Waals surface area contributed by atoms with E-state index < -0.39 is 6.43 Å². The molecule has 1 aromatic heterocycles. The van der Waals surface area contributed by atoms with Crippen molar-refractivity contribution in [2.45, 2.75) is 13.3 Å². The molecule has 0 aromatic carbocycles. The Morgan fingerprint density at radius 2 is 2.23 bits per heavy atom. The minimum atomic E-state index is -2.59. The van der Waals surface area contributed by atoms with E-state index >= 15 is 0 Å². The van der Waals surface area contributed by atoms with Gasteiger partial charge in [0.1, 0.15) is 5.69 Å². The SMILES string of the molecule is Cc1c(C(F)F)ncc(C=O)c1I. The van der Waals surface area contributed by atoms with Crippen LogP contribution in [0, 0.1) is 10.5 Å². The number of carbonyl (C=O) groups excluding carboxylic acids is 1. The second-order valence-electron chi connectivity index (χ2n) is 2.46. The van der Waals surface area contributed by atoms with Gasteiger partial charge in [-0.3, -0.25) is 9.78 Å². The molecule has 1 aromatic rings. The molecule has 70 valence electrons. The highest BCUT2D eigenvalue weighted by Crippen LogP contribution is 2.24. The maximum atomic E-state index is 12.3. The van der Waals surface area contributed by atoms with Crippen LogP contribution in [0.3, 0.4) is 0 Å². The van der Waals surface area contributed by atoms with E-state index in [-0.39, 0.29) is 5.69 Å². The normalized spacial score (nSPS) is 10.5. The zero-order valence-corrected chi connectivity index (χ0v) is 8.88. The van der Waals surface area contributed by atoms with Crippen molar-refractivity contribution < 1.29 is 13.6 Å². The molecule has 0 aliphatic heterocycles. The highest BCUT2D eigenvalue weighted by Gasteiger charge is 2.15.